The quantitative estimate of drug-likeness (QED) is 0.843. The van der Waals surface area contributed by atoms with Crippen LogP contribution in [0.4, 0.5) is 0 Å². The standard InChI is InChI=1S/C17H19NO4S/c19-17(9-12-23(20,21)15-5-2-1-3-6-15)18-10-8-14(13-18)16-7-4-11-22-16/h1-7,11,14H,8-10,12-13H2. The van der Waals surface area contributed by atoms with Gasteiger partial charge in [0.1, 0.15) is 5.76 Å². The van der Waals surface area contributed by atoms with Crippen LogP contribution in [0.15, 0.2) is 58.0 Å². The summed E-state index contributed by atoms with van der Waals surface area (Å²) in [6.45, 7) is 1.24. The molecule has 1 atom stereocenters. The van der Waals surface area contributed by atoms with Gasteiger partial charge in [-0.25, -0.2) is 8.42 Å². The molecule has 122 valence electrons. The number of carbonyl (C=O) groups excluding carboxylic acids is 1. The van der Waals surface area contributed by atoms with Crippen molar-refractivity contribution in [2.75, 3.05) is 18.8 Å². The van der Waals surface area contributed by atoms with Gasteiger partial charge in [0, 0.05) is 25.4 Å². The van der Waals surface area contributed by atoms with E-state index < -0.39 is 9.84 Å². The number of hydrogen-bond donors (Lipinski definition) is 0. The Bertz CT molecular complexity index is 753. The lowest BCUT2D eigenvalue weighted by Crippen LogP contribution is -2.30. The Morgan fingerprint density at radius 2 is 1.96 bits per heavy atom. The van der Waals surface area contributed by atoms with Gasteiger partial charge in [0.15, 0.2) is 9.84 Å². The zero-order valence-corrected chi connectivity index (χ0v) is 13.5. The van der Waals surface area contributed by atoms with Crippen molar-refractivity contribution in [3.05, 3.63) is 54.5 Å². The highest BCUT2D eigenvalue weighted by Gasteiger charge is 2.29. The summed E-state index contributed by atoms with van der Waals surface area (Å²) in [5.74, 6) is 0.827. The lowest BCUT2D eigenvalue weighted by molar-refractivity contribution is -0.129. The predicted molar refractivity (Wildman–Crippen MR) is 85.8 cm³/mol. The molecule has 1 aliphatic rings. The van der Waals surface area contributed by atoms with Gasteiger partial charge in [-0.15, -0.1) is 0 Å². The average Bonchev–Trinajstić information content (AvgIpc) is 3.24. The first-order chi connectivity index (χ1) is 11.1. The third-order valence-electron chi connectivity index (χ3n) is 4.17. The number of sulfone groups is 1. The van der Waals surface area contributed by atoms with E-state index in [1.54, 1.807) is 41.5 Å². The second kappa shape index (κ2) is 6.58. The molecule has 2 aromatic rings. The minimum atomic E-state index is -3.41. The van der Waals surface area contributed by atoms with Crippen molar-refractivity contribution < 1.29 is 17.6 Å². The molecule has 1 saturated heterocycles. The van der Waals surface area contributed by atoms with Crippen LogP contribution in [-0.2, 0) is 14.6 Å². The third kappa shape index (κ3) is 3.64. The molecule has 1 aliphatic heterocycles. The molecule has 0 aliphatic carbocycles. The second-order valence-corrected chi connectivity index (χ2v) is 7.83. The molecule has 2 heterocycles. The first-order valence-corrected chi connectivity index (χ1v) is 9.30. The summed E-state index contributed by atoms with van der Waals surface area (Å²) in [6, 6.07) is 12.0. The number of likely N-dealkylation sites (tertiary alicyclic amines) is 1. The van der Waals surface area contributed by atoms with E-state index >= 15 is 0 Å². The largest absolute Gasteiger partial charge is 0.469 e. The van der Waals surface area contributed by atoms with Crippen molar-refractivity contribution >= 4 is 15.7 Å². The van der Waals surface area contributed by atoms with Gasteiger partial charge in [0.05, 0.1) is 16.9 Å². The van der Waals surface area contributed by atoms with Crippen molar-refractivity contribution in [1.82, 2.24) is 4.90 Å². The smallest absolute Gasteiger partial charge is 0.223 e. The van der Waals surface area contributed by atoms with Gasteiger partial charge < -0.3 is 9.32 Å². The molecular weight excluding hydrogens is 314 g/mol. The van der Waals surface area contributed by atoms with E-state index in [0.29, 0.717) is 13.1 Å². The van der Waals surface area contributed by atoms with Crippen LogP contribution in [0.5, 0.6) is 0 Å². The Hall–Kier alpha value is -2.08. The van der Waals surface area contributed by atoms with Gasteiger partial charge in [-0.2, -0.15) is 0 Å². The van der Waals surface area contributed by atoms with E-state index in [1.807, 2.05) is 12.1 Å². The van der Waals surface area contributed by atoms with Gasteiger partial charge in [-0.1, -0.05) is 18.2 Å². The van der Waals surface area contributed by atoms with E-state index in [-0.39, 0.29) is 28.9 Å². The highest BCUT2D eigenvalue weighted by molar-refractivity contribution is 7.91. The normalized spacial score (nSPS) is 18.3. The minimum absolute atomic E-state index is 0.0160. The van der Waals surface area contributed by atoms with Crippen LogP contribution in [0.25, 0.3) is 0 Å². The molecule has 1 fully saturated rings. The first-order valence-electron chi connectivity index (χ1n) is 7.65. The van der Waals surface area contributed by atoms with E-state index in [4.69, 9.17) is 4.42 Å². The van der Waals surface area contributed by atoms with Crippen molar-refractivity contribution in [3.8, 4) is 0 Å². The molecule has 5 nitrogen and oxygen atoms in total. The lowest BCUT2D eigenvalue weighted by Gasteiger charge is -2.16. The molecule has 23 heavy (non-hydrogen) atoms. The molecule has 3 rings (SSSR count). The summed E-state index contributed by atoms with van der Waals surface area (Å²) in [7, 11) is -3.41. The highest BCUT2D eigenvalue weighted by Crippen LogP contribution is 2.27. The number of carbonyl (C=O) groups is 1. The van der Waals surface area contributed by atoms with Crippen LogP contribution >= 0.6 is 0 Å². The molecule has 0 N–H and O–H groups in total. The molecule has 0 saturated carbocycles. The molecule has 1 amide bonds. The molecule has 6 heteroatoms. The number of rotatable bonds is 5. The number of amides is 1. The molecule has 1 aromatic heterocycles. The van der Waals surface area contributed by atoms with Gasteiger partial charge >= 0.3 is 0 Å². The summed E-state index contributed by atoms with van der Waals surface area (Å²) in [6.07, 6.45) is 2.50. The van der Waals surface area contributed by atoms with E-state index in [9.17, 15) is 13.2 Å². The SMILES string of the molecule is O=C(CCS(=O)(=O)c1ccccc1)N1CCC(c2ccco2)C1. The summed E-state index contributed by atoms with van der Waals surface area (Å²) in [4.78, 5) is 14.3. The summed E-state index contributed by atoms with van der Waals surface area (Å²) in [5, 5.41) is 0. The fourth-order valence-corrected chi connectivity index (χ4v) is 4.12. The summed E-state index contributed by atoms with van der Waals surface area (Å²) >= 11 is 0. The maximum atomic E-state index is 12.3. The predicted octanol–water partition coefficient (Wildman–Crippen LogP) is 2.46. The fraction of sp³-hybridized carbons (Fsp3) is 0.353. The van der Waals surface area contributed by atoms with E-state index in [2.05, 4.69) is 0 Å². The Balaban J connectivity index is 1.56. The van der Waals surface area contributed by atoms with E-state index in [1.165, 1.54) is 0 Å². The van der Waals surface area contributed by atoms with Gasteiger partial charge in [-0.05, 0) is 30.7 Å². The van der Waals surface area contributed by atoms with Crippen LogP contribution < -0.4 is 0 Å². The monoisotopic (exact) mass is 333 g/mol. The van der Waals surface area contributed by atoms with Gasteiger partial charge in [-0.3, -0.25) is 4.79 Å². The minimum Gasteiger partial charge on any atom is -0.469 e. The highest BCUT2D eigenvalue weighted by atomic mass is 32.2. The van der Waals surface area contributed by atoms with Crippen LogP contribution in [0.1, 0.15) is 24.5 Å². The Morgan fingerprint density at radius 1 is 1.17 bits per heavy atom. The lowest BCUT2D eigenvalue weighted by atomic mass is 10.1. The second-order valence-electron chi connectivity index (χ2n) is 5.72. The van der Waals surface area contributed by atoms with Crippen LogP contribution in [0.2, 0.25) is 0 Å². The molecule has 0 spiro atoms. The van der Waals surface area contributed by atoms with Crippen LogP contribution in [0.3, 0.4) is 0 Å². The third-order valence-corrected chi connectivity index (χ3v) is 5.91. The van der Waals surface area contributed by atoms with Crippen LogP contribution in [-0.4, -0.2) is 38.1 Å². The average molecular weight is 333 g/mol. The number of furan rings is 1. The van der Waals surface area contributed by atoms with Crippen molar-refractivity contribution in [1.29, 1.82) is 0 Å². The molecule has 1 unspecified atom stereocenters. The zero-order valence-electron chi connectivity index (χ0n) is 12.7. The summed E-state index contributed by atoms with van der Waals surface area (Å²) < 4.78 is 29.8. The number of benzene rings is 1. The maximum Gasteiger partial charge on any atom is 0.223 e. The topological polar surface area (TPSA) is 67.6 Å². The van der Waals surface area contributed by atoms with Crippen molar-refractivity contribution in [3.63, 3.8) is 0 Å². The van der Waals surface area contributed by atoms with Gasteiger partial charge in [0.25, 0.3) is 0 Å². The molecule has 0 bridgehead atoms. The maximum absolute atomic E-state index is 12.3. The van der Waals surface area contributed by atoms with Crippen molar-refractivity contribution in [2.24, 2.45) is 0 Å². The van der Waals surface area contributed by atoms with Gasteiger partial charge in [0.2, 0.25) is 5.91 Å². The van der Waals surface area contributed by atoms with Crippen molar-refractivity contribution in [2.45, 2.75) is 23.7 Å². The number of nitrogens with zero attached hydrogens (tertiary/aromatic N) is 1. The zero-order chi connectivity index (χ0) is 16.3. The summed E-state index contributed by atoms with van der Waals surface area (Å²) in [5.41, 5.74) is 0. The molecule has 1 aromatic carbocycles. The van der Waals surface area contributed by atoms with Crippen LogP contribution in [0, 0.1) is 0 Å². The number of hydrogen-bond acceptors (Lipinski definition) is 4. The first kappa shape index (κ1) is 15.8. The fourth-order valence-electron chi connectivity index (χ4n) is 2.87. The Morgan fingerprint density at radius 3 is 2.65 bits per heavy atom. The molecular formula is C17H19NO4S. The van der Waals surface area contributed by atoms with E-state index in [0.717, 1.165) is 12.2 Å². The molecule has 0 radical (unpaired) electrons. The Kier molecular flexibility index (Phi) is 4.52. The Labute approximate surface area is 135 Å².